The summed E-state index contributed by atoms with van der Waals surface area (Å²) in [5.41, 5.74) is 1.51. The average molecular weight is 474 g/mol. The number of hydrogen-bond donors (Lipinski definition) is 2. The summed E-state index contributed by atoms with van der Waals surface area (Å²) >= 11 is 0. The van der Waals surface area contributed by atoms with E-state index >= 15 is 0 Å². The van der Waals surface area contributed by atoms with Gasteiger partial charge in [-0.15, -0.1) is 0 Å². The highest BCUT2D eigenvalue weighted by molar-refractivity contribution is 5.71. The van der Waals surface area contributed by atoms with Crippen LogP contribution in [0.2, 0.25) is 0 Å². The lowest BCUT2D eigenvalue weighted by molar-refractivity contribution is 0.134. The molecule has 1 fully saturated rings. The Morgan fingerprint density at radius 1 is 0.912 bits per heavy atom. The molecule has 0 radical (unpaired) electrons. The quantitative estimate of drug-likeness (QED) is 0.540. The number of methoxy groups -OCH3 is 2. The molecule has 2 aromatic rings. The zero-order valence-electron chi connectivity index (χ0n) is 20.0. The Hall–Kier alpha value is -2.84. The molecule has 1 saturated heterocycles. The van der Waals surface area contributed by atoms with E-state index in [-0.39, 0.29) is 5.75 Å². The molecule has 2 N–H and O–H groups in total. The number of phenols is 1. The van der Waals surface area contributed by atoms with Crippen LogP contribution in [0, 0.1) is 0 Å². The molecular formula is C26H35NO7. The number of aryl methyl sites for hydroxylation is 1. The number of nitrogens with zero attached hydrogens (tertiary/aromatic N) is 1. The molecular weight excluding hydrogens is 438 g/mol. The van der Waals surface area contributed by atoms with Crippen LogP contribution in [0.25, 0.3) is 0 Å². The topological polar surface area (TPSA) is 89.9 Å². The van der Waals surface area contributed by atoms with Crippen molar-refractivity contribution in [3.63, 3.8) is 0 Å². The molecule has 2 aliphatic rings. The van der Waals surface area contributed by atoms with Gasteiger partial charge in [-0.25, -0.2) is 0 Å². The van der Waals surface area contributed by atoms with E-state index in [9.17, 15) is 10.2 Å². The van der Waals surface area contributed by atoms with Gasteiger partial charge in [0, 0.05) is 6.54 Å². The molecule has 2 aliphatic heterocycles. The largest absolute Gasteiger partial charge is 0.508 e. The third-order valence-electron chi connectivity index (χ3n) is 6.38. The summed E-state index contributed by atoms with van der Waals surface area (Å²) in [4.78, 5) is 2.39. The Balaban J connectivity index is 1.62. The predicted octanol–water partition coefficient (Wildman–Crippen LogP) is 3.71. The number of benzene rings is 2. The van der Waals surface area contributed by atoms with Crippen molar-refractivity contribution in [1.29, 1.82) is 0 Å². The van der Waals surface area contributed by atoms with E-state index in [4.69, 9.17) is 23.7 Å². The van der Waals surface area contributed by atoms with Gasteiger partial charge in [-0.2, -0.15) is 0 Å². The number of fused-ring (bicyclic) bond motifs is 1. The normalized spacial score (nSPS) is 16.7. The van der Waals surface area contributed by atoms with E-state index in [1.807, 2.05) is 12.1 Å². The molecule has 0 bridgehead atoms. The van der Waals surface area contributed by atoms with Crippen molar-refractivity contribution in [3.8, 4) is 34.5 Å². The smallest absolute Gasteiger partial charge is 0.211 e. The fraction of sp³-hybridized carbons (Fsp3) is 0.538. The second-order valence-electron chi connectivity index (χ2n) is 8.64. The molecule has 8 nitrogen and oxygen atoms in total. The number of hydrogen-bond acceptors (Lipinski definition) is 8. The molecule has 2 aromatic carbocycles. The minimum Gasteiger partial charge on any atom is -0.508 e. The van der Waals surface area contributed by atoms with E-state index in [2.05, 4.69) is 4.90 Å². The van der Waals surface area contributed by atoms with Crippen molar-refractivity contribution in [2.24, 2.45) is 0 Å². The van der Waals surface area contributed by atoms with Crippen molar-refractivity contribution in [2.45, 2.75) is 38.2 Å². The summed E-state index contributed by atoms with van der Waals surface area (Å²) in [5, 5.41) is 20.9. The number of aromatic hydroxyl groups is 1. The predicted molar refractivity (Wildman–Crippen MR) is 128 cm³/mol. The van der Waals surface area contributed by atoms with Gasteiger partial charge in [0.2, 0.25) is 17.2 Å². The number of likely N-dealkylation sites (tertiary alicyclic amines) is 1. The summed E-state index contributed by atoms with van der Waals surface area (Å²) in [6.07, 6.45) is 3.84. The third-order valence-corrected chi connectivity index (χ3v) is 6.38. The second-order valence-corrected chi connectivity index (χ2v) is 8.64. The van der Waals surface area contributed by atoms with Crippen molar-refractivity contribution >= 4 is 0 Å². The maximum absolute atomic E-state index is 11.3. The van der Waals surface area contributed by atoms with Crippen molar-refractivity contribution in [2.75, 3.05) is 53.7 Å². The minimum atomic E-state index is -0.890. The Kier molecular flexibility index (Phi) is 8.24. The van der Waals surface area contributed by atoms with Crippen LogP contribution in [-0.2, 0) is 6.42 Å². The van der Waals surface area contributed by atoms with Crippen LogP contribution in [0.5, 0.6) is 34.5 Å². The SMILES string of the molecule is COc1c2c(c(OC)c(C(O)CCc3ccc(O)cc3)c1OCCN1CCCCC1)OCCO2. The van der Waals surface area contributed by atoms with Crippen LogP contribution in [-0.4, -0.2) is 68.8 Å². The number of aliphatic hydroxyl groups is 1. The third kappa shape index (κ3) is 5.45. The molecule has 186 valence electrons. The van der Waals surface area contributed by atoms with E-state index in [0.29, 0.717) is 67.0 Å². The first-order valence-corrected chi connectivity index (χ1v) is 12.0. The fourth-order valence-corrected chi connectivity index (χ4v) is 4.61. The molecule has 0 aromatic heterocycles. The van der Waals surface area contributed by atoms with Gasteiger partial charge in [-0.1, -0.05) is 18.6 Å². The van der Waals surface area contributed by atoms with E-state index in [0.717, 1.165) is 25.2 Å². The van der Waals surface area contributed by atoms with Crippen LogP contribution < -0.4 is 23.7 Å². The monoisotopic (exact) mass is 473 g/mol. The number of phenolic OH excluding ortho intramolecular Hbond substituents is 1. The van der Waals surface area contributed by atoms with Crippen LogP contribution in [0.4, 0.5) is 0 Å². The second kappa shape index (κ2) is 11.5. The van der Waals surface area contributed by atoms with E-state index < -0.39 is 6.10 Å². The van der Waals surface area contributed by atoms with Gasteiger partial charge >= 0.3 is 0 Å². The molecule has 0 amide bonds. The summed E-state index contributed by atoms with van der Waals surface area (Å²) in [7, 11) is 3.11. The summed E-state index contributed by atoms with van der Waals surface area (Å²) in [6.45, 7) is 4.17. The van der Waals surface area contributed by atoms with Crippen molar-refractivity contribution in [1.82, 2.24) is 4.90 Å². The van der Waals surface area contributed by atoms with Gasteiger partial charge in [0.25, 0.3) is 0 Å². The molecule has 8 heteroatoms. The lowest BCUT2D eigenvalue weighted by Crippen LogP contribution is -2.33. The minimum absolute atomic E-state index is 0.215. The lowest BCUT2D eigenvalue weighted by Gasteiger charge is -2.29. The zero-order chi connectivity index (χ0) is 23.9. The van der Waals surface area contributed by atoms with Gasteiger partial charge < -0.3 is 33.9 Å². The fourth-order valence-electron chi connectivity index (χ4n) is 4.61. The van der Waals surface area contributed by atoms with Crippen molar-refractivity contribution in [3.05, 3.63) is 35.4 Å². The summed E-state index contributed by atoms with van der Waals surface area (Å²) < 4.78 is 29.5. The number of piperidine rings is 1. The Labute approximate surface area is 201 Å². The highest BCUT2D eigenvalue weighted by Crippen LogP contribution is 2.56. The van der Waals surface area contributed by atoms with Gasteiger partial charge in [0.1, 0.15) is 25.6 Å². The Morgan fingerprint density at radius 2 is 1.56 bits per heavy atom. The number of aliphatic hydroxyl groups excluding tert-OH is 1. The highest BCUT2D eigenvalue weighted by atomic mass is 16.6. The maximum atomic E-state index is 11.3. The highest BCUT2D eigenvalue weighted by Gasteiger charge is 2.34. The van der Waals surface area contributed by atoms with Gasteiger partial charge in [-0.3, -0.25) is 4.90 Å². The lowest BCUT2D eigenvalue weighted by atomic mass is 9.98. The standard InChI is InChI=1S/C26H35NO7/c1-30-22-21(20(29)11-8-18-6-9-19(28)10-7-18)23(32-15-14-27-12-4-3-5-13-27)24(31-2)26-25(22)33-16-17-34-26/h6-7,9-10,20,28-29H,3-5,8,11-17H2,1-2H3. The Bertz CT molecular complexity index is 941. The molecule has 0 aliphatic carbocycles. The molecule has 1 unspecified atom stereocenters. The number of rotatable bonds is 10. The van der Waals surface area contributed by atoms with E-state index in [1.54, 1.807) is 26.4 Å². The van der Waals surface area contributed by atoms with Crippen LogP contribution >= 0.6 is 0 Å². The first-order chi connectivity index (χ1) is 16.6. The average Bonchev–Trinajstić information content (AvgIpc) is 2.88. The van der Waals surface area contributed by atoms with Gasteiger partial charge in [0.05, 0.1) is 25.9 Å². The zero-order valence-corrected chi connectivity index (χ0v) is 20.0. The molecule has 4 rings (SSSR count). The Morgan fingerprint density at radius 3 is 2.21 bits per heavy atom. The molecule has 2 heterocycles. The first-order valence-electron chi connectivity index (χ1n) is 12.0. The molecule has 0 saturated carbocycles. The molecule has 0 spiro atoms. The van der Waals surface area contributed by atoms with Crippen LogP contribution in [0.3, 0.4) is 0 Å². The van der Waals surface area contributed by atoms with Gasteiger partial charge in [-0.05, 0) is 56.5 Å². The first kappa shape index (κ1) is 24.3. The van der Waals surface area contributed by atoms with Crippen molar-refractivity contribution < 1.29 is 33.9 Å². The van der Waals surface area contributed by atoms with Gasteiger partial charge in [0.15, 0.2) is 11.5 Å². The number of ether oxygens (including phenoxy) is 5. The summed E-state index contributed by atoms with van der Waals surface area (Å²) in [5.74, 6) is 2.32. The van der Waals surface area contributed by atoms with Crippen LogP contribution in [0.15, 0.2) is 24.3 Å². The van der Waals surface area contributed by atoms with Crippen LogP contribution in [0.1, 0.15) is 42.9 Å². The maximum Gasteiger partial charge on any atom is 0.211 e. The molecule has 1 atom stereocenters. The summed E-state index contributed by atoms with van der Waals surface area (Å²) in [6, 6.07) is 6.98. The van der Waals surface area contributed by atoms with E-state index in [1.165, 1.54) is 19.3 Å². The molecule has 34 heavy (non-hydrogen) atoms.